The fourth-order valence-corrected chi connectivity index (χ4v) is 5.29. The van der Waals surface area contributed by atoms with E-state index in [-0.39, 0.29) is 23.0 Å². The monoisotopic (exact) mass is 477 g/mol. The third-order valence-electron chi connectivity index (χ3n) is 6.64. The van der Waals surface area contributed by atoms with Gasteiger partial charge in [-0.25, -0.2) is 0 Å². The van der Waals surface area contributed by atoms with Crippen LogP contribution in [0.2, 0.25) is 0 Å². The number of anilines is 2. The number of alkyl halides is 3. The molecule has 3 aliphatic rings. The molecule has 0 saturated carbocycles. The molecule has 180 valence electrons. The molecule has 3 aromatic rings. The molecule has 11 nitrogen and oxygen atoms in total. The fraction of sp³-hybridized carbons (Fsp3) is 0.550. The highest BCUT2D eigenvalue weighted by Gasteiger charge is 2.55. The molecule has 3 aromatic heterocycles. The van der Waals surface area contributed by atoms with Crippen molar-refractivity contribution in [3.63, 3.8) is 0 Å². The van der Waals surface area contributed by atoms with Gasteiger partial charge in [-0.2, -0.15) is 32.6 Å². The van der Waals surface area contributed by atoms with Gasteiger partial charge >= 0.3 is 6.18 Å². The van der Waals surface area contributed by atoms with Crippen molar-refractivity contribution in [2.75, 3.05) is 49.9 Å². The Bertz CT molecular complexity index is 1230. The van der Waals surface area contributed by atoms with Crippen LogP contribution in [0.15, 0.2) is 22.8 Å². The van der Waals surface area contributed by atoms with Crippen molar-refractivity contribution in [2.45, 2.75) is 25.1 Å². The van der Waals surface area contributed by atoms with E-state index < -0.39 is 18.8 Å². The molecular formula is C20H22F3N9O2. The number of rotatable bonds is 4. The summed E-state index contributed by atoms with van der Waals surface area (Å²) in [5.41, 5.74) is 5.89. The average Bonchev–Trinajstić information content (AvgIpc) is 3.47. The number of amides is 1. The van der Waals surface area contributed by atoms with Crippen LogP contribution in [0.4, 0.5) is 25.1 Å². The summed E-state index contributed by atoms with van der Waals surface area (Å²) < 4.78 is 44.3. The SMILES string of the molecule is Nc1nc(N2CCC[C@H]2C(=O)N2CC3(CN(CC(F)(F)F)C3)C2)nc2nc(-c3ccco3)nn12. The number of hydrogen-bond acceptors (Lipinski definition) is 9. The summed E-state index contributed by atoms with van der Waals surface area (Å²) in [6.07, 6.45) is -1.26. The summed E-state index contributed by atoms with van der Waals surface area (Å²) in [7, 11) is 0. The van der Waals surface area contributed by atoms with Crippen molar-refractivity contribution >= 4 is 23.6 Å². The van der Waals surface area contributed by atoms with Gasteiger partial charge in [-0.05, 0) is 25.0 Å². The zero-order chi connectivity index (χ0) is 23.7. The van der Waals surface area contributed by atoms with Crippen LogP contribution >= 0.6 is 0 Å². The minimum Gasteiger partial charge on any atom is -0.461 e. The van der Waals surface area contributed by atoms with E-state index in [2.05, 4.69) is 20.1 Å². The number of carbonyl (C=O) groups is 1. The average molecular weight is 477 g/mol. The summed E-state index contributed by atoms with van der Waals surface area (Å²) in [5.74, 6) is 1.37. The molecular weight excluding hydrogens is 455 g/mol. The molecule has 3 aliphatic heterocycles. The Labute approximate surface area is 191 Å². The molecule has 0 radical (unpaired) electrons. The lowest BCUT2D eigenvalue weighted by Crippen LogP contribution is -2.74. The molecule has 0 unspecified atom stereocenters. The second-order valence-electron chi connectivity index (χ2n) is 9.31. The van der Waals surface area contributed by atoms with Gasteiger partial charge in [-0.3, -0.25) is 9.69 Å². The first kappa shape index (κ1) is 21.1. The molecule has 0 aromatic carbocycles. The lowest BCUT2D eigenvalue weighted by molar-refractivity contribution is -0.194. The summed E-state index contributed by atoms with van der Waals surface area (Å²) in [4.78, 5) is 31.3. The lowest BCUT2D eigenvalue weighted by Gasteiger charge is -2.60. The number of nitrogens with zero attached hydrogens (tertiary/aromatic N) is 8. The zero-order valence-corrected chi connectivity index (χ0v) is 18.1. The number of halogens is 3. The first-order valence-electron chi connectivity index (χ1n) is 11.0. The summed E-state index contributed by atoms with van der Waals surface area (Å²) in [5, 5.41) is 4.28. The molecule has 6 rings (SSSR count). The van der Waals surface area contributed by atoms with Crippen molar-refractivity contribution in [3.8, 4) is 11.6 Å². The third kappa shape index (κ3) is 3.52. The molecule has 3 fully saturated rings. The Kier molecular flexibility index (Phi) is 4.53. The number of hydrogen-bond donors (Lipinski definition) is 1. The minimum atomic E-state index is -4.20. The molecule has 1 spiro atoms. The molecule has 34 heavy (non-hydrogen) atoms. The smallest absolute Gasteiger partial charge is 0.401 e. The van der Waals surface area contributed by atoms with E-state index in [0.717, 1.165) is 6.42 Å². The number of fused-ring (bicyclic) bond motifs is 1. The van der Waals surface area contributed by atoms with Gasteiger partial charge in [0.05, 0.1) is 12.8 Å². The molecule has 14 heteroatoms. The summed E-state index contributed by atoms with van der Waals surface area (Å²) in [6, 6.07) is 3.00. The largest absolute Gasteiger partial charge is 0.461 e. The fourth-order valence-electron chi connectivity index (χ4n) is 5.29. The molecule has 1 amide bonds. The first-order valence-corrected chi connectivity index (χ1v) is 11.0. The topological polar surface area (TPSA) is 122 Å². The van der Waals surface area contributed by atoms with Crippen molar-refractivity contribution in [2.24, 2.45) is 5.41 Å². The second kappa shape index (κ2) is 7.29. The maximum Gasteiger partial charge on any atom is 0.401 e. The van der Waals surface area contributed by atoms with E-state index in [1.54, 1.807) is 17.0 Å². The van der Waals surface area contributed by atoms with Gasteiger partial charge in [0.15, 0.2) is 5.76 Å². The van der Waals surface area contributed by atoms with Crippen LogP contribution in [0.5, 0.6) is 0 Å². The van der Waals surface area contributed by atoms with E-state index in [9.17, 15) is 18.0 Å². The van der Waals surface area contributed by atoms with E-state index >= 15 is 0 Å². The van der Waals surface area contributed by atoms with Crippen LogP contribution in [0.1, 0.15) is 12.8 Å². The van der Waals surface area contributed by atoms with Crippen molar-refractivity contribution in [1.82, 2.24) is 34.4 Å². The predicted octanol–water partition coefficient (Wildman–Crippen LogP) is 1.04. The molecule has 6 heterocycles. The van der Waals surface area contributed by atoms with Crippen molar-refractivity contribution in [1.29, 1.82) is 0 Å². The van der Waals surface area contributed by atoms with Crippen LogP contribution in [0.25, 0.3) is 17.4 Å². The Balaban J connectivity index is 1.15. The molecule has 0 aliphatic carbocycles. The maximum absolute atomic E-state index is 13.2. The van der Waals surface area contributed by atoms with Crippen molar-refractivity contribution < 1.29 is 22.4 Å². The van der Waals surface area contributed by atoms with Crippen molar-refractivity contribution in [3.05, 3.63) is 18.4 Å². The first-order chi connectivity index (χ1) is 16.2. The second-order valence-corrected chi connectivity index (χ2v) is 9.31. The highest BCUT2D eigenvalue weighted by Crippen LogP contribution is 2.41. The molecule has 2 N–H and O–H groups in total. The van der Waals surface area contributed by atoms with Gasteiger partial charge in [-0.15, -0.1) is 5.10 Å². The van der Waals surface area contributed by atoms with E-state index in [1.165, 1.54) is 15.7 Å². The van der Waals surface area contributed by atoms with Gasteiger partial charge in [-0.1, -0.05) is 0 Å². The van der Waals surface area contributed by atoms with Crippen LogP contribution < -0.4 is 10.6 Å². The third-order valence-corrected chi connectivity index (χ3v) is 6.64. The van der Waals surface area contributed by atoms with Crippen LogP contribution in [0.3, 0.4) is 0 Å². The Morgan fingerprint density at radius 3 is 2.71 bits per heavy atom. The lowest BCUT2D eigenvalue weighted by atomic mass is 9.72. The van der Waals surface area contributed by atoms with Gasteiger partial charge in [0.25, 0.3) is 5.78 Å². The quantitative estimate of drug-likeness (QED) is 0.587. The van der Waals surface area contributed by atoms with Gasteiger partial charge in [0.1, 0.15) is 6.04 Å². The predicted molar refractivity (Wildman–Crippen MR) is 113 cm³/mol. The standard InChI is InChI=1S/C20H22F3N9O2/c21-20(22,23)11-29-7-19(8-29)9-30(10-19)15(33)12-3-1-5-31(12)17-26-16(24)32-18(27-17)25-14(28-32)13-4-2-6-34-13/h2,4,6,12H,1,3,5,7-11H2,(H2,24,25,26,27,28)/t12-/m0/s1. The van der Waals surface area contributed by atoms with E-state index in [1.807, 2.05) is 4.90 Å². The minimum absolute atomic E-state index is 0.0582. The Morgan fingerprint density at radius 2 is 2.00 bits per heavy atom. The normalized spacial score (nSPS) is 22.4. The molecule has 0 bridgehead atoms. The number of carbonyl (C=O) groups excluding carboxylic acids is 1. The van der Waals surface area contributed by atoms with Crippen LogP contribution in [-0.4, -0.2) is 91.8 Å². The van der Waals surface area contributed by atoms with Crippen LogP contribution in [-0.2, 0) is 4.79 Å². The van der Waals surface area contributed by atoms with Crippen LogP contribution in [0, 0.1) is 5.41 Å². The van der Waals surface area contributed by atoms with E-state index in [4.69, 9.17) is 10.2 Å². The summed E-state index contributed by atoms with van der Waals surface area (Å²) >= 11 is 0. The number of aromatic nitrogens is 5. The highest BCUT2D eigenvalue weighted by molar-refractivity contribution is 5.86. The molecule has 3 saturated heterocycles. The van der Waals surface area contributed by atoms with Gasteiger partial charge in [0.2, 0.25) is 23.6 Å². The van der Waals surface area contributed by atoms with Gasteiger partial charge in [0, 0.05) is 38.1 Å². The molecule has 1 atom stereocenters. The Hall–Kier alpha value is -3.42. The number of nitrogen functional groups attached to an aromatic ring is 1. The highest BCUT2D eigenvalue weighted by atomic mass is 19.4. The summed E-state index contributed by atoms with van der Waals surface area (Å²) in [6.45, 7) is 1.37. The van der Waals surface area contributed by atoms with Gasteiger partial charge < -0.3 is 20.0 Å². The zero-order valence-electron chi connectivity index (χ0n) is 18.1. The van der Waals surface area contributed by atoms with E-state index in [0.29, 0.717) is 56.7 Å². The maximum atomic E-state index is 13.2. The Morgan fingerprint density at radius 1 is 1.21 bits per heavy atom. The number of furan rings is 1. The number of likely N-dealkylation sites (tertiary alicyclic amines) is 2. The number of nitrogens with two attached hydrogens (primary N) is 1.